The topological polar surface area (TPSA) is 64.7 Å². The molecule has 24 heavy (non-hydrogen) atoms. The molecule has 1 saturated carbocycles. The zero-order chi connectivity index (χ0) is 17.2. The molecule has 0 aromatic carbocycles. The van der Waals surface area contributed by atoms with E-state index in [-0.39, 0.29) is 12.6 Å². The van der Waals surface area contributed by atoms with Crippen LogP contribution in [-0.4, -0.2) is 25.5 Å². The lowest BCUT2D eigenvalue weighted by molar-refractivity contribution is -0.141. The SMILES string of the molecule is O=C(Cn1ccc(C(F)(F)F)n1)Nc1ccnn1C1CCCCC1. The number of hydrogen-bond acceptors (Lipinski definition) is 3. The number of nitrogens with one attached hydrogen (secondary N) is 1. The van der Waals surface area contributed by atoms with E-state index in [4.69, 9.17) is 0 Å². The van der Waals surface area contributed by atoms with E-state index in [1.54, 1.807) is 16.9 Å². The molecule has 1 amide bonds. The Labute approximate surface area is 136 Å². The molecule has 1 fully saturated rings. The molecule has 130 valence electrons. The van der Waals surface area contributed by atoms with Gasteiger partial charge in [0.25, 0.3) is 0 Å². The zero-order valence-corrected chi connectivity index (χ0v) is 13.0. The third kappa shape index (κ3) is 3.77. The van der Waals surface area contributed by atoms with E-state index in [0.29, 0.717) is 5.82 Å². The second kappa shape index (κ2) is 6.66. The third-order valence-electron chi connectivity index (χ3n) is 4.10. The van der Waals surface area contributed by atoms with Gasteiger partial charge in [0.2, 0.25) is 5.91 Å². The van der Waals surface area contributed by atoms with Gasteiger partial charge < -0.3 is 5.32 Å². The van der Waals surface area contributed by atoms with Gasteiger partial charge in [0.05, 0.1) is 12.2 Å². The van der Waals surface area contributed by atoms with Crippen LogP contribution in [-0.2, 0) is 17.5 Å². The highest BCUT2D eigenvalue weighted by Gasteiger charge is 2.33. The third-order valence-corrected chi connectivity index (χ3v) is 4.10. The van der Waals surface area contributed by atoms with Gasteiger partial charge in [-0.05, 0) is 18.9 Å². The second-order valence-corrected chi connectivity index (χ2v) is 5.90. The summed E-state index contributed by atoms with van der Waals surface area (Å²) >= 11 is 0. The lowest BCUT2D eigenvalue weighted by Crippen LogP contribution is -2.23. The van der Waals surface area contributed by atoms with Crippen molar-refractivity contribution in [2.24, 2.45) is 0 Å². The molecule has 2 heterocycles. The maximum atomic E-state index is 12.5. The van der Waals surface area contributed by atoms with Crippen LogP contribution in [0, 0.1) is 0 Å². The summed E-state index contributed by atoms with van der Waals surface area (Å²) in [6, 6.07) is 2.79. The van der Waals surface area contributed by atoms with Crippen LogP contribution >= 0.6 is 0 Å². The minimum atomic E-state index is -4.51. The van der Waals surface area contributed by atoms with E-state index in [1.165, 1.54) is 6.42 Å². The molecule has 0 bridgehead atoms. The Morgan fingerprint density at radius 3 is 2.67 bits per heavy atom. The normalized spacial score (nSPS) is 16.3. The summed E-state index contributed by atoms with van der Waals surface area (Å²) in [5.74, 6) is 0.125. The Balaban J connectivity index is 1.63. The lowest BCUT2D eigenvalue weighted by Gasteiger charge is -2.23. The Morgan fingerprint density at radius 1 is 1.25 bits per heavy atom. The van der Waals surface area contributed by atoms with Crippen molar-refractivity contribution in [1.29, 1.82) is 0 Å². The molecule has 9 heteroatoms. The summed E-state index contributed by atoms with van der Waals surface area (Å²) in [5, 5.41) is 10.3. The Kier molecular flexibility index (Phi) is 4.59. The number of rotatable bonds is 4. The number of carbonyl (C=O) groups is 1. The van der Waals surface area contributed by atoms with E-state index in [2.05, 4.69) is 15.5 Å². The van der Waals surface area contributed by atoms with Crippen molar-refractivity contribution in [3.63, 3.8) is 0 Å². The zero-order valence-electron chi connectivity index (χ0n) is 13.0. The number of halogens is 3. The summed E-state index contributed by atoms with van der Waals surface area (Å²) in [5.41, 5.74) is -1.01. The van der Waals surface area contributed by atoms with Gasteiger partial charge in [-0.25, -0.2) is 4.68 Å². The van der Waals surface area contributed by atoms with Gasteiger partial charge in [-0.2, -0.15) is 23.4 Å². The Morgan fingerprint density at radius 2 is 2.00 bits per heavy atom. The number of carbonyl (C=O) groups excluding carboxylic acids is 1. The summed E-state index contributed by atoms with van der Waals surface area (Å²) in [7, 11) is 0. The molecule has 1 aliphatic rings. The Bertz CT molecular complexity index is 700. The molecule has 2 aromatic heterocycles. The number of nitrogens with zero attached hydrogens (tertiary/aromatic N) is 4. The van der Waals surface area contributed by atoms with Gasteiger partial charge in [-0.3, -0.25) is 9.48 Å². The molecule has 0 atom stereocenters. The van der Waals surface area contributed by atoms with Gasteiger partial charge in [0.15, 0.2) is 5.69 Å². The molecule has 1 aliphatic carbocycles. The van der Waals surface area contributed by atoms with Crippen LogP contribution in [0.4, 0.5) is 19.0 Å². The highest BCUT2D eigenvalue weighted by atomic mass is 19.4. The minimum absolute atomic E-state index is 0.255. The van der Waals surface area contributed by atoms with E-state index in [9.17, 15) is 18.0 Å². The summed E-state index contributed by atoms with van der Waals surface area (Å²) < 4.78 is 40.3. The molecule has 0 saturated heterocycles. The van der Waals surface area contributed by atoms with Gasteiger partial charge in [-0.1, -0.05) is 19.3 Å². The van der Waals surface area contributed by atoms with Crippen molar-refractivity contribution < 1.29 is 18.0 Å². The number of aromatic nitrogens is 4. The second-order valence-electron chi connectivity index (χ2n) is 5.90. The van der Waals surface area contributed by atoms with Crippen LogP contribution < -0.4 is 5.32 Å². The van der Waals surface area contributed by atoms with Crippen molar-refractivity contribution in [3.8, 4) is 0 Å². The molecule has 2 aromatic rings. The molecular weight excluding hydrogens is 323 g/mol. The predicted molar refractivity (Wildman–Crippen MR) is 80.2 cm³/mol. The number of alkyl halides is 3. The fourth-order valence-corrected chi connectivity index (χ4v) is 2.96. The van der Waals surface area contributed by atoms with E-state index < -0.39 is 17.8 Å². The summed E-state index contributed by atoms with van der Waals surface area (Å²) in [6.07, 6.45) is 3.73. The van der Waals surface area contributed by atoms with Gasteiger partial charge >= 0.3 is 6.18 Å². The fourth-order valence-electron chi connectivity index (χ4n) is 2.96. The monoisotopic (exact) mass is 341 g/mol. The van der Waals surface area contributed by atoms with Gasteiger partial charge in [0.1, 0.15) is 12.4 Å². The molecule has 0 spiro atoms. The summed E-state index contributed by atoms with van der Waals surface area (Å²) in [6.45, 7) is -0.286. The maximum absolute atomic E-state index is 12.5. The Hall–Kier alpha value is -2.32. The number of amides is 1. The van der Waals surface area contributed by atoms with E-state index in [1.807, 2.05) is 0 Å². The highest BCUT2D eigenvalue weighted by molar-refractivity contribution is 5.89. The smallest absolute Gasteiger partial charge is 0.309 e. The minimum Gasteiger partial charge on any atom is -0.309 e. The van der Waals surface area contributed by atoms with Crippen molar-refractivity contribution in [2.75, 3.05) is 5.32 Å². The van der Waals surface area contributed by atoms with Crippen LogP contribution in [0.2, 0.25) is 0 Å². The highest BCUT2D eigenvalue weighted by Crippen LogP contribution is 2.30. The van der Waals surface area contributed by atoms with Crippen LogP contribution in [0.1, 0.15) is 43.8 Å². The molecular formula is C15H18F3N5O. The van der Waals surface area contributed by atoms with E-state index in [0.717, 1.165) is 42.6 Å². The average molecular weight is 341 g/mol. The molecule has 6 nitrogen and oxygen atoms in total. The van der Waals surface area contributed by atoms with Crippen molar-refractivity contribution >= 4 is 11.7 Å². The van der Waals surface area contributed by atoms with Crippen molar-refractivity contribution in [2.45, 2.75) is 50.9 Å². The van der Waals surface area contributed by atoms with Crippen LogP contribution in [0.3, 0.4) is 0 Å². The largest absolute Gasteiger partial charge is 0.435 e. The predicted octanol–water partition coefficient (Wildman–Crippen LogP) is 3.24. The number of hydrogen-bond donors (Lipinski definition) is 1. The van der Waals surface area contributed by atoms with Gasteiger partial charge in [-0.15, -0.1) is 0 Å². The molecule has 0 aliphatic heterocycles. The molecule has 1 N–H and O–H groups in total. The number of anilines is 1. The van der Waals surface area contributed by atoms with Crippen LogP contribution in [0.15, 0.2) is 24.5 Å². The quantitative estimate of drug-likeness (QED) is 0.928. The fraction of sp³-hybridized carbons (Fsp3) is 0.533. The first-order valence-corrected chi connectivity index (χ1v) is 7.87. The molecule has 0 unspecified atom stereocenters. The first-order chi connectivity index (χ1) is 11.4. The van der Waals surface area contributed by atoms with Crippen LogP contribution in [0.25, 0.3) is 0 Å². The molecule has 0 radical (unpaired) electrons. The summed E-state index contributed by atoms with van der Waals surface area (Å²) in [4.78, 5) is 12.1. The maximum Gasteiger partial charge on any atom is 0.435 e. The standard InChI is InChI=1S/C15H18F3N5O/c16-15(17,18)12-7-9-22(21-12)10-14(24)20-13-6-8-19-23(13)11-4-2-1-3-5-11/h6-9,11H,1-5,10H2,(H,20,24). The first kappa shape index (κ1) is 16.5. The van der Waals surface area contributed by atoms with Crippen molar-refractivity contribution in [3.05, 3.63) is 30.2 Å². The molecule has 3 rings (SSSR count). The van der Waals surface area contributed by atoms with Gasteiger partial charge in [0, 0.05) is 12.3 Å². The van der Waals surface area contributed by atoms with Crippen molar-refractivity contribution in [1.82, 2.24) is 19.6 Å². The lowest BCUT2D eigenvalue weighted by atomic mass is 9.96. The van der Waals surface area contributed by atoms with Crippen LogP contribution in [0.5, 0.6) is 0 Å². The first-order valence-electron chi connectivity index (χ1n) is 7.87. The van der Waals surface area contributed by atoms with E-state index >= 15 is 0 Å². The average Bonchev–Trinajstić information content (AvgIpc) is 3.17.